The molecule has 0 radical (unpaired) electrons. The Bertz CT molecular complexity index is 298. The molecule has 1 rings (SSSR count). The van der Waals surface area contributed by atoms with Crippen LogP contribution in [0.2, 0.25) is 0 Å². The summed E-state index contributed by atoms with van der Waals surface area (Å²) in [5.41, 5.74) is 2.67. The quantitative estimate of drug-likeness (QED) is 0.503. The third-order valence-electron chi connectivity index (χ3n) is 2.48. The average Bonchev–Trinajstić information content (AvgIpc) is 2.25. The maximum absolute atomic E-state index is 5.11. The van der Waals surface area contributed by atoms with Gasteiger partial charge in [-0.25, -0.2) is 0 Å². The monoisotopic (exact) mass is 204 g/mol. The summed E-state index contributed by atoms with van der Waals surface area (Å²) in [6, 6.07) is 8.32. The Morgan fingerprint density at radius 2 is 1.87 bits per heavy atom. The van der Waals surface area contributed by atoms with Crippen LogP contribution in [-0.4, -0.2) is 7.11 Å². The fourth-order valence-corrected chi connectivity index (χ4v) is 1.55. The van der Waals surface area contributed by atoms with Crippen LogP contribution >= 0.6 is 0 Å². The third-order valence-corrected chi connectivity index (χ3v) is 2.48. The molecule has 0 aliphatic rings. The van der Waals surface area contributed by atoms with Crippen LogP contribution in [-0.2, 0) is 6.42 Å². The summed E-state index contributed by atoms with van der Waals surface area (Å²) in [7, 11) is 1.70. The van der Waals surface area contributed by atoms with Crippen LogP contribution in [0.1, 0.15) is 31.7 Å². The minimum atomic E-state index is 0.931. The van der Waals surface area contributed by atoms with E-state index in [-0.39, 0.29) is 0 Å². The molecule has 82 valence electrons. The highest BCUT2D eigenvalue weighted by molar-refractivity contribution is 5.27. The standard InChI is InChI=1S/C14H20O/c1-12(2)6-4-5-7-13-8-10-14(15-3)11-9-13/h8-11H,1,4-7H2,2-3H3. The van der Waals surface area contributed by atoms with Crippen LogP contribution in [0.4, 0.5) is 0 Å². The molecule has 0 aromatic heterocycles. The highest BCUT2D eigenvalue weighted by Gasteiger charge is 1.95. The predicted molar refractivity (Wildman–Crippen MR) is 65.4 cm³/mol. The summed E-state index contributed by atoms with van der Waals surface area (Å²) in [5.74, 6) is 0.931. The van der Waals surface area contributed by atoms with Crippen molar-refractivity contribution in [2.45, 2.75) is 32.6 Å². The van der Waals surface area contributed by atoms with Crippen molar-refractivity contribution in [3.63, 3.8) is 0 Å². The van der Waals surface area contributed by atoms with Gasteiger partial charge >= 0.3 is 0 Å². The van der Waals surface area contributed by atoms with Crippen molar-refractivity contribution in [3.8, 4) is 5.75 Å². The zero-order chi connectivity index (χ0) is 11.1. The smallest absolute Gasteiger partial charge is 0.118 e. The second-order valence-electron chi connectivity index (χ2n) is 4.01. The number of rotatable bonds is 6. The Labute approximate surface area is 92.8 Å². The zero-order valence-corrected chi connectivity index (χ0v) is 9.75. The molecule has 15 heavy (non-hydrogen) atoms. The number of hydrogen-bond donors (Lipinski definition) is 0. The van der Waals surface area contributed by atoms with E-state index in [9.17, 15) is 0 Å². The second kappa shape index (κ2) is 6.28. The number of methoxy groups -OCH3 is 1. The Balaban J connectivity index is 2.28. The molecule has 0 saturated carbocycles. The highest BCUT2D eigenvalue weighted by atomic mass is 16.5. The summed E-state index contributed by atoms with van der Waals surface area (Å²) in [5, 5.41) is 0. The fraction of sp³-hybridized carbons (Fsp3) is 0.429. The fourth-order valence-electron chi connectivity index (χ4n) is 1.55. The van der Waals surface area contributed by atoms with E-state index >= 15 is 0 Å². The number of ether oxygens (including phenoxy) is 1. The van der Waals surface area contributed by atoms with Gasteiger partial charge in [0.25, 0.3) is 0 Å². The molecule has 0 heterocycles. The van der Waals surface area contributed by atoms with Gasteiger partial charge in [0.2, 0.25) is 0 Å². The molecule has 0 atom stereocenters. The first-order chi connectivity index (χ1) is 7.22. The second-order valence-corrected chi connectivity index (χ2v) is 4.01. The minimum absolute atomic E-state index is 0.931. The molecule has 1 nitrogen and oxygen atoms in total. The van der Waals surface area contributed by atoms with Crippen LogP contribution in [0.15, 0.2) is 36.4 Å². The van der Waals surface area contributed by atoms with Crippen molar-refractivity contribution in [3.05, 3.63) is 42.0 Å². The molecular weight excluding hydrogens is 184 g/mol. The van der Waals surface area contributed by atoms with E-state index in [1.807, 2.05) is 12.1 Å². The summed E-state index contributed by atoms with van der Waals surface area (Å²) in [6.45, 7) is 6.00. The number of unbranched alkanes of at least 4 members (excludes halogenated alkanes) is 1. The molecule has 1 heteroatoms. The van der Waals surface area contributed by atoms with Gasteiger partial charge in [-0.3, -0.25) is 0 Å². The predicted octanol–water partition coefficient (Wildman–Crippen LogP) is 3.98. The van der Waals surface area contributed by atoms with Crippen LogP contribution < -0.4 is 4.74 Å². The maximum Gasteiger partial charge on any atom is 0.118 e. The van der Waals surface area contributed by atoms with E-state index in [0.717, 1.165) is 18.6 Å². The zero-order valence-electron chi connectivity index (χ0n) is 9.75. The Morgan fingerprint density at radius 1 is 1.20 bits per heavy atom. The maximum atomic E-state index is 5.11. The largest absolute Gasteiger partial charge is 0.497 e. The van der Waals surface area contributed by atoms with Crippen molar-refractivity contribution in [2.75, 3.05) is 7.11 Å². The summed E-state index contributed by atoms with van der Waals surface area (Å²) in [6.07, 6.45) is 4.77. The van der Waals surface area contributed by atoms with Gasteiger partial charge in [0.15, 0.2) is 0 Å². The van der Waals surface area contributed by atoms with E-state index in [0.29, 0.717) is 0 Å². The van der Waals surface area contributed by atoms with Gasteiger partial charge in [-0.2, -0.15) is 0 Å². The van der Waals surface area contributed by atoms with Gasteiger partial charge in [-0.1, -0.05) is 17.7 Å². The lowest BCUT2D eigenvalue weighted by atomic mass is 10.1. The van der Waals surface area contributed by atoms with Crippen LogP contribution in [0.5, 0.6) is 5.75 Å². The summed E-state index contributed by atoms with van der Waals surface area (Å²) < 4.78 is 5.11. The Kier molecular flexibility index (Phi) is 4.96. The summed E-state index contributed by atoms with van der Waals surface area (Å²) in [4.78, 5) is 0. The lowest BCUT2D eigenvalue weighted by Crippen LogP contribution is -1.87. The third kappa shape index (κ3) is 4.68. The number of benzene rings is 1. The number of allylic oxidation sites excluding steroid dienone is 1. The van der Waals surface area contributed by atoms with Crippen LogP contribution in [0.3, 0.4) is 0 Å². The van der Waals surface area contributed by atoms with Crippen molar-refractivity contribution < 1.29 is 4.74 Å². The lowest BCUT2D eigenvalue weighted by molar-refractivity contribution is 0.414. The Morgan fingerprint density at radius 3 is 2.40 bits per heavy atom. The first-order valence-electron chi connectivity index (χ1n) is 5.49. The first-order valence-corrected chi connectivity index (χ1v) is 5.49. The summed E-state index contributed by atoms with van der Waals surface area (Å²) >= 11 is 0. The molecule has 1 aromatic carbocycles. The molecular formula is C14H20O. The topological polar surface area (TPSA) is 9.23 Å². The van der Waals surface area contributed by atoms with Gasteiger partial charge in [-0.15, -0.1) is 6.58 Å². The van der Waals surface area contributed by atoms with Crippen molar-refractivity contribution in [1.82, 2.24) is 0 Å². The lowest BCUT2D eigenvalue weighted by Gasteiger charge is -2.03. The van der Waals surface area contributed by atoms with E-state index in [1.165, 1.54) is 24.0 Å². The van der Waals surface area contributed by atoms with E-state index < -0.39 is 0 Å². The van der Waals surface area contributed by atoms with Gasteiger partial charge in [0.1, 0.15) is 5.75 Å². The van der Waals surface area contributed by atoms with Gasteiger partial charge in [0.05, 0.1) is 7.11 Å². The van der Waals surface area contributed by atoms with E-state index in [4.69, 9.17) is 4.74 Å². The van der Waals surface area contributed by atoms with E-state index in [1.54, 1.807) is 7.11 Å². The minimum Gasteiger partial charge on any atom is -0.497 e. The molecule has 0 saturated heterocycles. The Hall–Kier alpha value is -1.24. The molecule has 0 unspecified atom stereocenters. The highest BCUT2D eigenvalue weighted by Crippen LogP contribution is 2.14. The molecule has 0 N–H and O–H groups in total. The van der Waals surface area contributed by atoms with Gasteiger partial charge in [-0.05, 0) is 50.3 Å². The van der Waals surface area contributed by atoms with Crippen molar-refractivity contribution in [2.24, 2.45) is 0 Å². The number of hydrogen-bond acceptors (Lipinski definition) is 1. The average molecular weight is 204 g/mol. The van der Waals surface area contributed by atoms with Gasteiger partial charge in [0, 0.05) is 0 Å². The molecule has 0 amide bonds. The normalized spacial score (nSPS) is 10.0. The molecule has 1 aromatic rings. The SMILES string of the molecule is C=C(C)CCCCc1ccc(OC)cc1. The first kappa shape index (κ1) is 11.8. The van der Waals surface area contributed by atoms with Crippen molar-refractivity contribution in [1.29, 1.82) is 0 Å². The molecule has 0 spiro atoms. The van der Waals surface area contributed by atoms with Crippen molar-refractivity contribution >= 4 is 0 Å². The molecule has 0 fully saturated rings. The van der Waals surface area contributed by atoms with E-state index in [2.05, 4.69) is 25.6 Å². The molecule has 0 bridgehead atoms. The molecule has 0 aliphatic heterocycles. The van der Waals surface area contributed by atoms with Gasteiger partial charge < -0.3 is 4.74 Å². The van der Waals surface area contributed by atoms with Crippen LogP contribution in [0, 0.1) is 0 Å². The van der Waals surface area contributed by atoms with Crippen LogP contribution in [0.25, 0.3) is 0 Å². The molecule has 0 aliphatic carbocycles. The number of aryl methyl sites for hydroxylation is 1.